The third-order valence-electron chi connectivity index (χ3n) is 6.31. The standard InChI is InChI=1S/C28H24FN3O3S/c1-15-13-16(2)23-21(14-15)36-28(30-23)32-24(17-7-11-20(12-8-17)31(3)4)22(26(34)27(32)35)25(33)18-5-9-19(29)10-6-18/h5-14,24,33H,1-4H3/b25-22+. The molecule has 1 aliphatic rings. The Labute approximate surface area is 211 Å². The summed E-state index contributed by atoms with van der Waals surface area (Å²) in [6.45, 7) is 3.95. The predicted molar refractivity (Wildman–Crippen MR) is 141 cm³/mol. The Bertz CT molecular complexity index is 1540. The molecule has 4 aromatic rings. The first-order chi connectivity index (χ1) is 17.2. The van der Waals surface area contributed by atoms with Crippen LogP contribution < -0.4 is 9.80 Å². The first-order valence-corrected chi connectivity index (χ1v) is 12.2. The lowest BCUT2D eigenvalue weighted by molar-refractivity contribution is -0.132. The number of ketones is 1. The molecule has 1 amide bonds. The summed E-state index contributed by atoms with van der Waals surface area (Å²) in [5, 5.41) is 11.6. The van der Waals surface area contributed by atoms with E-state index in [2.05, 4.69) is 0 Å². The number of halogens is 1. The number of Topliss-reactive ketones (excluding diaryl/α,β-unsaturated/α-hetero) is 1. The quantitative estimate of drug-likeness (QED) is 0.219. The maximum atomic E-state index is 13.5. The van der Waals surface area contributed by atoms with Crippen LogP contribution >= 0.6 is 11.3 Å². The maximum Gasteiger partial charge on any atom is 0.301 e. The van der Waals surface area contributed by atoms with Crippen molar-refractivity contribution in [1.29, 1.82) is 0 Å². The van der Waals surface area contributed by atoms with Gasteiger partial charge >= 0.3 is 5.91 Å². The highest BCUT2D eigenvalue weighted by molar-refractivity contribution is 7.22. The third-order valence-corrected chi connectivity index (χ3v) is 7.31. The van der Waals surface area contributed by atoms with E-state index in [4.69, 9.17) is 4.98 Å². The van der Waals surface area contributed by atoms with Gasteiger partial charge in [-0.25, -0.2) is 9.37 Å². The predicted octanol–water partition coefficient (Wildman–Crippen LogP) is 5.74. The number of carbonyl (C=O) groups excluding carboxylic acids is 2. The molecule has 3 aromatic carbocycles. The number of aromatic nitrogens is 1. The SMILES string of the molecule is Cc1cc(C)c2nc(N3C(=O)C(=O)/C(=C(/O)c4ccc(F)cc4)C3c3ccc(N(C)C)cc3)sc2c1. The van der Waals surface area contributed by atoms with E-state index in [1.165, 1.54) is 40.5 Å². The summed E-state index contributed by atoms with van der Waals surface area (Å²) in [5.74, 6) is -2.41. The van der Waals surface area contributed by atoms with E-state index < -0.39 is 23.5 Å². The minimum absolute atomic E-state index is 0.0589. The lowest BCUT2D eigenvalue weighted by Gasteiger charge is -2.23. The Morgan fingerprint density at radius 1 is 1.03 bits per heavy atom. The molecule has 0 bridgehead atoms. The molecule has 1 fully saturated rings. The van der Waals surface area contributed by atoms with E-state index in [9.17, 15) is 19.1 Å². The second kappa shape index (κ2) is 8.87. The minimum atomic E-state index is -0.895. The molecule has 36 heavy (non-hydrogen) atoms. The van der Waals surface area contributed by atoms with Crippen molar-refractivity contribution in [3.63, 3.8) is 0 Å². The van der Waals surface area contributed by atoms with Gasteiger partial charge in [-0.1, -0.05) is 29.5 Å². The molecule has 0 radical (unpaired) electrons. The van der Waals surface area contributed by atoms with Crippen LogP contribution in [0.4, 0.5) is 15.2 Å². The summed E-state index contributed by atoms with van der Waals surface area (Å²) in [5.41, 5.74) is 4.60. The Kier molecular flexibility index (Phi) is 5.84. The van der Waals surface area contributed by atoms with Crippen LogP contribution in [0.3, 0.4) is 0 Å². The van der Waals surface area contributed by atoms with Crippen LogP contribution in [0.2, 0.25) is 0 Å². The van der Waals surface area contributed by atoms with E-state index in [1.54, 1.807) is 0 Å². The molecular formula is C28H24FN3O3S. The van der Waals surface area contributed by atoms with Crippen molar-refractivity contribution in [2.24, 2.45) is 0 Å². The largest absolute Gasteiger partial charge is 0.507 e. The summed E-state index contributed by atoms with van der Waals surface area (Å²) < 4.78 is 14.4. The topological polar surface area (TPSA) is 73.7 Å². The van der Waals surface area contributed by atoms with Crippen molar-refractivity contribution in [3.05, 3.63) is 94.3 Å². The number of aryl methyl sites for hydroxylation is 2. The highest BCUT2D eigenvalue weighted by Crippen LogP contribution is 2.45. The van der Waals surface area contributed by atoms with Crippen molar-refractivity contribution in [3.8, 4) is 0 Å². The Balaban J connectivity index is 1.73. The fraction of sp³-hybridized carbons (Fsp3) is 0.179. The number of nitrogens with zero attached hydrogens (tertiary/aromatic N) is 3. The van der Waals surface area contributed by atoms with Gasteiger partial charge in [0.2, 0.25) is 0 Å². The zero-order valence-electron chi connectivity index (χ0n) is 20.2. The molecule has 1 atom stereocenters. The number of benzene rings is 3. The number of thiazole rings is 1. The summed E-state index contributed by atoms with van der Waals surface area (Å²) >= 11 is 1.33. The average Bonchev–Trinajstić information content (AvgIpc) is 3.38. The highest BCUT2D eigenvalue weighted by atomic mass is 32.1. The molecule has 1 N–H and O–H groups in total. The number of aliphatic hydroxyl groups excluding tert-OH is 1. The van der Waals surface area contributed by atoms with Gasteiger partial charge in [0.1, 0.15) is 11.6 Å². The van der Waals surface area contributed by atoms with Crippen molar-refractivity contribution >= 4 is 49.8 Å². The van der Waals surface area contributed by atoms with Gasteiger partial charge in [0.15, 0.2) is 5.13 Å². The van der Waals surface area contributed by atoms with Gasteiger partial charge in [-0.2, -0.15) is 0 Å². The molecule has 182 valence electrons. The van der Waals surface area contributed by atoms with Crippen LogP contribution in [0, 0.1) is 19.7 Å². The van der Waals surface area contributed by atoms with Crippen LogP contribution in [0.25, 0.3) is 16.0 Å². The van der Waals surface area contributed by atoms with Crippen molar-refractivity contribution in [1.82, 2.24) is 4.98 Å². The molecule has 0 spiro atoms. The lowest BCUT2D eigenvalue weighted by atomic mass is 9.95. The van der Waals surface area contributed by atoms with Crippen molar-refractivity contribution in [2.45, 2.75) is 19.9 Å². The van der Waals surface area contributed by atoms with Gasteiger partial charge in [-0.05, 0) is 73.0 Å². The molecule has 1 aromatic heterocycles. The van der Waals surface area contributed by atoms with Crippen LogP contribution in [0.1, 0.15) is 28.3 Å². The fourth-order valence-corrected chi connectivity index (χ4v) is 5.69. The zero-order chi connectivity index (χ0) is 25.7. The van der Waals surface area contributed by atoms with Gasteiger partial charge in [0, 0.05) is 25.3 Å². The van der Waals surface area contributed by atoms with E-state index >= 15 is 0 Å². The zero-order valence-corrected chi connectivity index (χ0v) is 21.1. The Morgan fingerprint density at radius 3 is 2.33 bits per heavy atom. The minimum Gasteiger partial charge on any atom is -0.507 e. The molecule has 1 aliphatic heterocycles. The van der Waals surface area contributed by atoms with Gasteiger partial charge < -0.3 is 10.0 Å². The molecule has 1 saturated heterocycles. The third kappa shape index (κ3) is 3.93. The Morgan fingerprint density at radius 2 is 1.69 bits per heavy atom. The molecular weight excluding hydrogens is 477 g/mol. The van der Waals surface area contributed by atoms with Crippen molar-refractivity contribution < 1.29 is 19.1 Å². The van der Waals surface area contributed by atoms with Gasteiger partial charge in [0.25, 0.3) is 5.78 Å². The van der Waals surface area contributed by atoms with Gasteiger partial charge in [-0.15, -0.1) is 0 Å². The van der Waals surface area contributed by atoms with Crippen LogP contribution in [0.5, 0.6) is 0 Å². The number of hydrogen-bond acceptors (Lipinski definition) is 6. The summed E-state index contributed by atoms with van der Waals surface area (Å²) in [7, 11) is 3.84. The number of carbonyl (C=O) groups is 2. The lowest BCUT2D eigenvalue weighted by Crippen LogP contribution is -2.29. The number of anilines is 2. The van der Waals surface area contributed by atoms with E-state index in [0.29, 0.717) is 10.7 Å². The number of rotatable bonds is 4. The molecule has 5 rings (SSSR count). The molecule has 8 heteroatoms. The van der Waals surface area contributed by atoms with Gasteiger partial charge in [-0.3, -0.25) is 14.5 Å². The monoisotopic (exact) mass is 501 g/mol. The number of hydrogen-bond donors (Lipinski definition) is 1. The van der Waals surface area contributed by atoms with Gasteiger partial charge in [0.05, 0.1) is 21.8 Å². The van der Waals surface area contributed by atoms with E-state index in [-0.39, 0.29) is 16.9 Å². The molecule has 1 unspecified atom stereocenters. The molecule has 6 nitrogen and oxygen atoms in total. The molecule has 2 heterocycles. The maximum absolute atomic E-state index is 13.5. The first-order valence-electron chi connectivity index (χ1n) is 11.4. The van der Waals surface area contributed by atoms with E-state index in [1.807, 2.05) is 69.2 Å². The van der Waals surface area contributed by atoms with Crippen LogP contribution in [0.15, 0.2) is 66.2 Å². The second-order valence-corrected chi connectivity index (χ2v) is 10.1. The van der Waals surface area contributed by atoms with Crippen LogP contribution in [-0.2, 0) is 9.59 Å². The molecule has 0 aliphatic carbocycles. The summed E-state index contributed by atoms with van der Waals surface area (Å²) in [4.78, 5) is 34.8. The normalized spacial score (nSPS) is 17.2. The van der Waals surface area contributed by atoms with E-state index in [0.717, 1.165) is 27.0 Å². The number of amides is 1. The Hall–Kier alpha value is -4.04. The summed E-state index contributed by atoms with van der Waals surface area (Å²) in [6, 6.07) is 15.7. The second-order valence-electron chi connectivity index (χ2n) is 9.09. The number of fused-ring (bicyclic) bond motifs is 1. The fourth-order valence-electron chi connectivity index (χ4n) is 4.53. The smallest absolute Gasteiger partial charge is 0.301 e. The summed E-state index contributed by atoms with van der Waals surface area (Å²) in [6.07, 6.45) is 0. The highest BCUT2D eigenvalue weighted by Gasteiger charge is 2.48. The number of aliphatic hydroxyl groups is 1. The average molecular weight is 502 g/mol. The first kappa shape index (κ1) is 23.7. The van der Waals surface area contributed by atoms with Crippen molar-refractivity contribution in [2.75, 3.05) is 23.9 Å². The molecule has 0 saturated carbocycles. The van der Waals surface area contributed by atoms with Crippen LogP contribution in [-0.4, -0.2) is 35.9 Å².